The number of hydrogen-bond acceptors (Lipinski definition) is 5. The minimum Gasteiger partial charge on any atom is -0.370 e. The third kappa shape index (κ3) is 5.43. The zero-order chi connectivity index (χ0) is 17.5. The van der Waals surface area contributed by atoms with E-state index in [1.807, 2.05) is 43.3 Å². The number of aromatic nitrogens is 3. The first-order valence-electron chi connectivity index (χ1n) is 8.16. The van der Waals surface area contributed by atoms with Crippen LogP contribution in [0.4, 0.5) is 11.6 Å². The molecule has 25 heavy (non-hydrogen) atoms. The van der Waals surface area contributed by atoms with Crippen LogP contribution in [-0.4, -0.2) is 21.5 Å². The molecule has 5 nitrogen and oxygen atoms in total. The first-order valence-corrected chi connectivity index (χ1v) is 8.53. The Kier molecular flexibility index (Phi) is 5.80. The minimum atomic E-state index is 0.695. The van der Waals surface area contributed by atoms with Gasteiger partial charge >= 0.3 is 0 Å². The number of benzene rings is 1. The fourth-order valence-electron chi connectivity index (χ4n) is 2.47. The van der Waals surface area contributed by atoms with E-state index in [4.69, 9.17) is 11.6 Å². The summed E-state index contributed by atoms with van der Waals surface area (Å²) < 4.78 is 0. The molecule has 0 aliphatic carbocycles. The molecule has 1 aromatic carbocycles. The molecule has 0 aliphatic rings. The summed E-state index contributed by atoms with van der Waals surface area (Å²) in [6.45, 7) is 3.36. The molecule has 0 saturated carbocycles. The van der Waals surface area contributed by atoms with Crippen molar-refractivity contribution in [3.63, 3.8) is 0 Å². The molecule has 0 radical (unpaired) electrons. The number of pyridine rings is 1. The standard InChI is InChI=1S/C19H20ClN5/c1-14-24-18(22-10-7-15-3-2-4-17(20)11-15)12-19(25-14)23-13-16-5-8-21-9-6-16/h2-6,8-9,11-12H,7,10,13H2,1H3,(H2,22,23,24,25). The van der Waals surface area contributed by atoms with E-state index in [1.165, 1.54) is 5.56 Å². The summed E-state index contributed by atoms with van der Waals surface area (Å²) in [5.41, 5.74) is 2.35. The molecule has 128 valence electrons. The number of aryl methyl sites for hydroxylation is 1. The Hall–Kier alpha value is -2.66. The first kappa shape index (κ1) is 17.2. The number of rotatable bonds is 7. The van der Waals surface area contributed by atoms with Crippen LogP contribution in [0.15, 0.2) is 54.9 Å². The van der Waals surface area contributed by atoms with Crippen molar-refractivity contribution in [2.24, 2.45) is 0 Å². The Morgan fingerprint density at radius 1 is 0.920 bits per heavy atom. The number of nitrogens with one attached hydrogen (secondary N) is 2. The van der Waals surface area contributed by atoms with Gasteiger partial charge in [-0.3, -0.25) is 4.98 Å². The summed E-state index contributed by atoms with van der Waals surface area (Å²) in [5, 5.41) is 7.43. The van der Waals surface area contributed by atoms with Crippen molar-refractivity contribution in [2.45, 2.75) is 19.9 Å². The van der Waals surface area contributed by atoms with Gasteiger partial charge in [-0.2, -0.15) is 0 Å². The number of nitrogens with zero attached hydrogens (tertiary/aromatic N) is 3. The van der Waals surface area contributed by atoms with Gasteiger partial charge < -0.3 is 10.6 Å². The smallest absolute Gasteiger partial charge is 0.132 e. The van der Waals surface area contributed by atoms with Gasteiger partial charge in [0.1, 0.15) is 17.5 Å². The van der Waals surface area contributed by atoms with Crippen molar-refractivity contribution in [1.29, 1.82) is 0 Å². The zero-order valence-electron chi connectivity index (χ0n) is 14.0. The molecule has 2 N–H and O–H groups in total. The topological polar surface area (TPSA) is 62.7 Å². The van der Waals surface area contributed by atoms with Gasteiger partial charge in [0.15, 0.2) is 0 Å². The fraction of sp³-hybridized carbons (Fsp3) is 0.211. The predicted molar refractivity (Wildman–Crippen MR) is 102 cm³/mol. The highest BCUT2D eigenvalue weighted by molar-refractivity contribution is 6.30. The summed E-state index contributed by atoms with van der Waals surface area (Å²) in [6, 6.07) is 13.8. The van der Waals surface area contributed by atoms with Crippen LogP contribution in [0.5, 0.6) is 0 Å². The third-order valence-electron chi connectivity index (χ3n) is 3.67. The van der Waals surface area contributed by atoms with Crippen molar-refractivity contribution in [2.75, 3.05) is 17.2 Å². The second-order valence-corrected chi connectivity index (χ2v) is 6.14. The molecule has 2 heterocycles. The van der Waals surface area contributed by atoms with E-state index in [-0.39, 0.29) is 0 Å². The summed E-state index contributed by atoms with van der Waals surface area (Å²) in [6.07, 6.45) is 4.44. The summed E-state index contributed by atoms with van der Waals surface area (Å²) in [5.74, 6) is 2.34. The van der Waals surface area contributed by atoms with Crippen LogP contribution in [-0.2, 0) is 13.0 Å². The van der Waals surface area contributed by atoms with E-state index >= 15 is 0 Å². The summed E-state index contributed by atoms with van der Waals surface area (Å²) in [4.78, 5) is 12.9. The molecule has 3 aromatic rings. The minimum absolute atomic E-state index is 0.695. The van der Waals surface area contributed by atoms with Crippen LogP contribution in [0.25, 0.3) is 0 Å². The Morgan fingerprint density at radius 3 is 2.44 bits per heavy atom. The van der Waals surface area contributed by atoms with Crippen LogP contribution >= 0.6 is 11.6 Å². The van der Waals surface area contributed by atoms with E-state index in [1.54, 1.807) is 12.4 Å². The van der Waals surface area contributed by atoms with Gasteiger partial charge in [0, 0.05) is 36.6 Å². The maximum atomic E-state index is 6.01. The third-order valence-corrected chi connectivity index (χ3v) is 3.90. The fourth-order valence-corrected chi connectivity index (χ4v) is 2.68. The van der Waals surface area contributed by atoms with Crippen molar-refractivity contribution >= 4 is 23.2 Å². The summed E-state index contributed by atoms with van der Waals surface area (Å²) >= 11 is 6.01. The van der Waals surface area contributed by atoms with Gasteiger partial charge in [-0.15, -0.1) is 0 Å². The highest BCUT2D eigenvalue weighted by atomic mass is 35.5. The monoisotopic (exact) mass is 353 g/mol. The Morgan fingerprint density at radius 2 is 1.68 bits per heavy atom. The number of halogens is 1. The lowest BCUT2D eigenvalue weighted by Crippen LogP contribution is -2.09. The molecule has 0 saturated heterocycles. The van der Waals surface area contributed by atoms with Crippen molar-refractivity contribution in [1.82, 2.24) is 15.0 Å². The van der Waals surface area contributed by atoms with Gasteiger partial charge in [-0.1, -0.05) is 23.7 Å². The maximum Gasteiger partial charge on any atom is 0.132 e. The van der Waals surface area contributed by atoms with Crippen LogP contribution in [0.2, 0.25) is 5.02 Å². The van der Waals surface area contributed by atoms with E-state index in [0.29, 0.717) is 6.54 Å². The zero-order valence-corrected chi connectivity index (χ0v) is 14.8. The molecule has 0 bridgehead atoms. The van der Waals surface area contributed by atoms with Gasteiger partial charge in [0.2, 0.25) is 0 Å². The average molecular weight is 354 g/mol. The van der Waals surface area contributed by atoms with E-state index in [0.717, 1.165) is 41.0 Å². The molecule has 6 heteroatoms. The van der Waals surface area contributed by atoms with Crippen LogP contribution in [0.3, 0.4) is 0 Å². The largest absolute Gasteiger partial charge is 0.370 e. The first-order chi connectivity index (χ1) is 12.2. The molecule has 0 unspecified atom stereocenters. The predicted octanol–water partition coefficient (Wildman–Crippen LogP) is 4.10. The van der Waals surface area contributed by atoms with Crippen LogP contribution in [0, 0.1) is 6.92 Å². The van der Waals surface area contributed by atoms with Gasteiger partial charge in [-0.25, -0.2) is 9.97 Å². The molecule has 0 spiro atoms. The Balaban J connectivity index is 1.57. The van der Waals surface area contributed by atoms with Crippen molar-refractivity contribution in [3.05, 3.63) is 76.8 Å². The van der Waals surface area contributed by atoms with Crippen molar-refractivity contribution < 1.29 is 0 Å². The second-order valence-electron chi connectivity index (χ2n) is 5.70. The normalized spacial score (nSPS) is 10.5. The molecule has 2 aromatic heterocycles. The molecular weight excluding hydrogens is 334 g/mol. The lowest BCUT2D eigenvalue weighted by atomic mass is 10.1. The van der Waals surface area contributed by atoms with Crippen LogP contribution < -0.4 is 10.6 Å². The quantitative estimate of drug-likeness (QED) is 0.669. The average Bonchev–Trinajstić information content (AvgIpc) is 2.61. The van der Waals surface area contributed by atoms with E-state index < -0.39 is 0 Å². The highest BCUT2D eigenvalue weighted by Crippen LogP contribution is 2.14. The van der Waals surface area contributed by atoms with E-state index in [2.05, 4.69) is 31.7 Å². The Labute approximate surface area is 152 Å². The second kappa shape index (κ2) is 8.44. The Bertz CT molecular complexity index is 823. The lowest BCUT2D eigenvalue weighted by Gasteiger charge is -2.10. The maximum absolute atomic E-state index is 6.01. The van der Waals surface area contributed by atoms with Gasteiger partial charge in [0.25, 0.3) is 0 Å². The molecule has 0 aliphatic heterocycles. The molecule has 0 atom stereocenters. The summed E-state index contributed by atoms with van der Waals surface area (Å²) in [7, 11) is 0. The number of hydrogen-bond donors (Lipinski definition) is 2. The molecular formula is C19H20ClN5. The SMILES string of the molecule is Cc1nc(NCCc2cccc(Cl)c2)cc(NCc2ccncc2)n1. The lowest BCUT2D eigenvalue weighted by molar-refractivity contribution is 0.974. The molecule has 0 amide bonds. The van der Waals surface area contributed by atoms with Gasteiger partial charge in [-0.05, 0) is 48.7 Å². The van der Waals surface area contributed by atoms with Crippen molar-refractivity contribution in [3.8, 4) is 0 Å². The van der Waals surface area contributed by atoms with Crippen LogP contribution in [0.1, 0.15) is 17.0 Å². The molecule has 0 fully saturated rings. The van der Waals surface area contributed by atoms with E-state index in [9.17, 15) is 0 Å². The molecule has 3 rings (SSSR count). The number of anilines is 2. The highest BCUT2D eigenvalue weighted by Gasteiger charge is 2.02. The van der Waals surface area contributed by atoms with Gasteiger partial charge in [0.05, 0.1) is 0 Å².